The van der Waals surface area contributed by atoms with Crippen LogP contribution in [0.1, 0.15) is 48.8 Å². The second-order valence-corrected chi connectivity index (χ2v) is 8.22. The molecule has 0 radical (unpaired) electrons. The van der Waals surface area contributed by atoms with Crippen molar-refractivity contribution in [2.24, 2.45) is 0 Å². The van der Waals surface area contributed by atoms with E-state index in [0.29, 0.717) is 6.42 Å². The summed E-state index contributed by atoms with van der Waals surface area (Å²) in [7, 11) is 0. The number of aliphatic hydroxyl groups excluding tert-OH is 1. The predicted molar refractivity (Wildman–Crippen MR) is 119 cm³/mol. The fraction of sp³-hybridized carbons (Fsp3) is 0.423. The highest BCUT2D eigenvalue weighted by molar-refractivity contribution is 5.75. The molecule has 2 aromatic carbocycles. The Hall–Kier alpha value is -2.61. The fourth-order valence-corrected chi connectivity index (χ4v) is 4.85. The number of hydrogen-bond acceptors (Lipinski definition) is 3. The number of nitrogens with zero attached hydrogens (tertiary/aromatic N) is 2. The van der Waals surface area contributed by atoms with Crippen LogP contribution in [0.25, 0.3) is 0 Å². The van der Waals surface area contributed by atoms with Crippen LogP contribution < -0.4 is 0 Å². The van der Waals surface area contributed by atoms with Crippen molar-refractivity contribution in [2.75, 3.05) is 26.2 Å². The Morgan fingerprint density at radius 2 is 1.67 bits per heavy atom. The number of carbonyl (C=O) groups is 1. The van der Waals surface area contributed by atoms with E-state index in [-0.39, 0.29) is 30.5 Å². The molecule has 2 heterocycles. The average Bonchev–Trinajstić information content (AvgIpc) is 2.77. The summed E-state index contributed by atoms with van der Waals surface area (Å²) < 4.78 is 0. The second kappa shape index (κ2) is 9.47. The van der Waals surface area contributed by atoms with Crippen molar-refractivity contribution in [2.45, 2.75) is 44.2 Å². The second-order valence-electron chi connectivity index (χ2n) is 8.22. The highest BCUT2D eigenvalue weighted by Gasteiger charge is 2.49. The van der Waals surface area contributed by atoms with Gasteiger partial charge in [-0.15, -0.1) is 0 Å². The zero-order valence-electron chi connectivity index (χ0n) is 17.6. The van der Waals surface area contributed by atoms with Crippen LogP contribution in [0.3, 0.4) is 0 Å². The van der Waals surface area contributed by atoms with Crippen molar-refractivity contribution in [3.8, 4) is 11.8 Å². The number of amides is 1. The van der Waals surface area contributed by atoms with Crippen molar-refractivity contribution >= 4 is 5.91 Å². The molecule has 2 aliphatic heterocycles. The molecule has 1 N–H and O–H groups in total. The van der Waals surface area contributed by atoms with E-state index in [1.165, 1.54) is 5.56 Å². The topological polar surface area (TPSA) is 43.8 Å². The van der Waals surface area contributed by atoms with Crippen molar-refractivity contribution in [3.05, 3.63) is 71.3 Å². The lowest BCUT2D eigenvalue weighted by Gasteiger charge is -2.57. The zero-order valence-corrected chi connectivity index (χ0v) is 17.6. The molecule has 2 saturated heterocycles. The Bertz CT molecular complexity index is 914. The van der Waals surface area contributed by atoms with Gasteiger partial charge in [-0.25, -0.2) is 0 Å². The van der Waals surface area contributed by atoms with Gasteiger partial charge in [-0.05, 0) is 49.2 Å². The molecule has 156 valence electrons. The number of aliphatic hydroxyl groups is 1. The molecule has 1 amide bonds. The standard InChI is InChI=1S/C26H30N2O2/c1-2-25(30)27-16-6-7-17-28-23(18-27)26(24(28)19-29)22-14-12-21(13-15-22)11-10-20-8-4-3-5-9-20/h3-5,8-9,12-15,23-24,26,29H,2,6-7,16-19H2,1H3/t23-,24+,26+/m1/s1. The SMILES string of the molecule is CCC(=O)N1CCCCN2[C@H](C1)[C@H](c1ccc(C#Cc3ccccc3)cc1)[C@@H]2CO. The molecule has 0 spiro atoms. The summed E-state index contributed by atoms with van der Waals surface area (Å²) in [5.74, 6) is 6.91. The number of fused-ring (bicyclic) bond motifs is 1. The lowest BCUT2D eigenvalue weighted by atomic mass is 9.74. The van der Waals surface area contributed by atoms with E-state index in [4.69, 9.17) is 0 Å². The normalized spacial score (nSPS) is 23.9. The van der Waals surface area contributed by atoms with E-state index in [9.17, 15) is 9.90 Å². The van der Waals surface area contributed by atoms with E-state index < -0.39 is 0 Å². The molecular weight excluding hydrogens is 372 g/mol. The maximum absolute atomic E-state index is 12.4. The van der Waals surface area contributed by atoms with E-state index in [2.05, 4.69) is 41.0 Å². The first-order valence-corrected chi connectivity index (χ1v) is 11.0. The number of carbonyl (C=O) groups excluding carboxylic acids is 1. The lowest BCUT2D eigenvalue weighted by Crippen LogP contribution is -2.67. The van der Waals surface area contributed by atoms with Crippen molar-refractivity contribution in [1.82, 2.24) is 9.80 Å². The van der Waals surface area contributed by atoms with Crippen molar-refractivity contribution in [3.63, 3.8) is 0 Å². The Balaban J connectivity index is 1.53. The maximum Gasteiger partial charge on any atom is 0.222 e. The fourth-order valence-electron chi connectivity index (χ4n) is 4.85. The molecule has 2 fully saturated rings. The third kappa shape index (κ3) is 4.28. The van der Waals surface area contributed by atoms with E-state index >= 15 is 0 Å². The van der Waals surface area contributed by atoms with E-state index in [1.807, 2.05) is 42.2 Å². The van der Waals surface area contributed by atoms with Gasteiger partial charge in [0.25, 0.3) is 0 Å². The summed E-state index contributed by atoms with van der Waals surface area (Å²) in [6, 6.07) is 18.8. The minimum absolute atomic E-state index is 0.132. The van der Waals surface area contributed by atoms with Gasteiger partial charge in [-0.2, -0.15) is 0 Å². The quantitative estimate of drug-likeness (QED) is 0.802. The Morgan fingerprint density at radius 1 is 1.00 bits per heavy atom. The molecule has 0 aliphatic carbocycles. The number of benzene rings is 2. The Labute approximate surface area is 179 Å². The summed E-state index contributed by atoms with van der Waals surface area (Å²) in [6.45, 7) is 4.69. The molecule has 4 heteroatoms. The van der Waals surface area contributed by atoms with Gasteiger partial charge in [0.15, 0.2) is 0 Å². The maximum atomic E-state index is 12.4. The monoisotopic (exact) mass is 402 g/mol. The van der Waals surface area contributed by atoms with Crippen LogP contribution >= 0.6 is 0 Å². The summed E-state index contributed by atoms with van der Waals surface area (Å²) in [6.07, 6.45) is 2.66. The van der Waals surface area contributed by atoms with Crippen LogP contribution in [0.15, 0.2) is 54.6 Å². The molecule has 3 atom stereocenters. The van der Waals surface area contributed by atoms with E-state index in [0.717, 1.165) is 43.6 Å². The summed E-state index contributed by atoms with van der Waals surface area (Å²) >= 11 is 0. The molecule has 2 aliphatic rings. The molecule has 30 heavy (non-hydrogen) atoms. The minimum Gasteiger partial charge on any atom is -0.395 e. The van der Waals surface area contributed by atoms with Gasteiger partial charge in [0.05, 0.1) is 6.61 Å². The van der Waals surface area contributed by atoms with Crippen LogP contribution in [-0.2, 0) is 4.79 Å². The third-order valence-electron chi connectivity index (χ3n) is 6.45. The highest BCUT2D eigenvalue weighted by Crippen LogP contribution is 2.42. The van der Waals surface area contributed by atoms with Gasteiger partial charge >= 0.3 is 0 Å². The van der Waals surface area contributed by atoms with Crippen molar-refractivity contribution < 1.29 is 9.90 Å². The van der Waals surface area contributed by atoms with E-state index in [1.54, 1.807) is 0 Å². The van der Waals surface area contributed by atoms with Gasteiger partial charge in [-0.1, -0.05) is 49.1 Å². The Morgan fingerprint density at radius 3 is 2.33 bits per heavy atom. The van der Waals surface area contributed by atoms with Crippen LogP contribution in [0, 0.1) is 11.8 Å². The molecule has 0 unspecified atom stereocenters. The van der Waals surface area contributed by atoms with Crippen LogP contribution in [0.2, 0.25) is 0 Å². The van der Waals surface area contributed by atoms with Crippen molar-refractivity contribution in [1.29, 1.82) is 0 Å². The molecule has 0 saturated carbocycles. The molecule has 2 aromatic rings. The van der Waals surface area contributed by atoms with Gasteiger partial charge in [-0.3, -0.25) is 9.69 Å². The van der Waals surface area contributed by atoms with Crippen LogP contribution in [0.5, 0.6) is 0 Å². The molecule has 4 rings (SSSR count). The lowest BCUT2D eigenvalue weighted by molar-refractivity contribution is -0.136. The molecule has 0 aromatic heterocycles. The first-order valence-electron chi connectivity index (χ1n) is 11.0. The smallest absolute Gasteiger partial charge is 0.222 e. The minimum atomic E-state index is 0.132. The summed E-state index contributed by atoms with van der Waals surface area (Å²) in [5.41, 5.74) is 3.22. The average molecular weight is 403 g/mol. The van der Waals surface area contributed by atoms with Gasteiger partial charge in [0.1, 0.15) is 0 Å². The number of hydrogen-bond donors (Lipinski definition) is 1. The molecule has 4 nitrogen and oxygen atoms in total. The van der Waals surface area contributed by atoms with Crippen LogP contribution in [-0.4, -0.2) is 59.1 Å². The number of rotatable bonds is 3. The van der Waals surface area contributed by atoms with Crippen LogP contribution in [0.4, 0.5) is 0 Å². The van der Waals surface area contributed by atoms with Gasteiger partial charge < -0.3 is 10.0 Å². The zero-order chi connectivity index (χ0) is 20.9. The molecular formula is C26H30N2O2. The highest BCUT2D eigenvalue weighted by atomic mass is 16.3. The largest absolute Gasteiger partial charge is 0.395 e. The molecule has 0 bridgehead atoms. The van der Waals surface area contributed by atoms with Gasteiger partial charge in [0, 0.05) is 48.6 Å². The third-order valence-corrected chi connectivity index (χ3v) is 6.45. The Kier molecular flexibility index (Phi) is 6.52. The first kappa shape index (κ1) is 20.7. The van der Waals surface area contributed by atoms with Gasteiger partial charge in [0.2, 0.25) is 5.91 Å². The summed E-state index contributed by atoms with van der Waals surface area (Å²) in [4.78, 5) is 16.8. The predicted octanol–water partition coefficient (Wildman–Crippen LogP) is 3.25. The summed E-state index contributed by atoms with van der Waals surface area (Å²) in [5, 5.41) is 10.1. The first-order chi connectivity index (χ1) is 14.7.